The number of anilines is 3. The number of ether oxygens (including phenoxy) is 1. The molecule has 0 aliphatic heterocycles. The van der Waals surface area contributed by atoms with Gasteiger partial charge in [0.2, 0.25) is 5.95 Å². The number of aromatic nitrogens is 2. The largest absolute Gasteiger partial charge is 0.382 e. The molecular weight excluding hydrogens is 371 g/mol. The van der Waals surface area contributed by atoms with Gasteiger partial charge >= 0.3 is 0 Å². The van der Waals surface area contributed by atoms with Crippen LogP contribution in [0.25, 0.3) is 10.9 Å². The van der Waals surface area contributed by atoms with E-state index >= 15 is 0 Å². The molecule has 26 heavy (non-hydrogen) atoms. The maximum Gasteiger partial charge on any atom is 0.229 e. The lowest BCUT2D eigenvalue weighted by atomic mass is 10.2. The van der Waals surface area contributed by atoms with Crippen LogP contribution in [0.5, 0.6) is 0 Å². The summed E-state index contributed by atoms with van der Waals surface area (Å²) in [5.74, 6) is 1.26. The lowest BCUT2D eigenvalue weighted by molar-refractivity contribution is 0.147. The normalized spacial score (nSPS) is 10.9. The molecule has 0 unspecified atom stereocenters. The Morgan fingerprint density at radius 3 is 2.58 bits per heavy atom. The van der Waals surface area contributed by atoms with Crippen LogP contribution in [0.3, 0.4) is 0 Å². The molecule has 3 aromatic rings. The first-order chi connectivity index (χ1) is 12.7. The van der Waals surface area contributed by atoms with Crippen LogP contribution in [0.4, 0.5) is 17.5 Å². The lowest BCUT2D eigenvalue weighted by Crippen LogP contribution is -2.09. The predicted molar refractivity (Wildman–Crippen MR) is 109 cm³/mol. The highest BCUT2D eigenvalue weighted by Gasteiger charge is 2.08. The third-order valence-electron chi connectivity index (χ3n) is 3.68. The number of nitrogens with one attached hydrogen (secondary N) is 2. The number of nitrogens with zero attached hydrogens (tertiary/aromatic N) is 2. The first kappa shape index (κ1) is 18.7. The summed E-state index contributed by atoms with van der Waals surface area (Å²) >= 11 is 12.1. The second-order valence-corrected chi connectivity index (χ2v) is 6.55. The summed E-state index contributed by atoms with van der Waals surface area (Å²) in [5, 5.41) is 8.62. The molecule has 7 heteroatoms. The van der Waals surface area contributed by atoms with Crippen molar-refractivity contribution in [3.63, 3.8) is 0 Å². The number of halogens is 2. The standard InChI is InChI=1S/C19H20Cl2N4O/c1-2-26-9-5-8-22-18-16-6-3-4-7-17(16)24-19(25-18)23-15-11-13(20)10-14(21)12-15/h3-4,6-7,10-12H,2,5,8-9H2,1H3,(H2,22,23,24,25). The Balaban J connectivity index is 1.84. The van der Waals surface area contributed by atoms with E-state index < -0.39 is 0 Å². The summed E-state index contributed by atoms with van der Waals surface area (Å²) < 4.78 is 5.37. The summed E-state index contributed by atoms with van der Waals surface area (Å²) in [5.41, 5.74) is 1.59. The Hall–Kier alpha value is -2.08. The van der Waals surface area contributed by atoms with Gasteiger partial charge in [-0.15, -0.1) is 0 Å². The van der Waals surface area contributed by atoms with E-state index in [4.69, 9.17) is 27.9 Å². The summed E-state index contributed by atoms with van der Waals surface area (Å²) in [6, 6.07) is 13.1. The van der Waals surface area contributed by atoms with E-state index in [0.29, 0.717) is 16.0 Å². The van der Waals surface area contributed by atoms with Gasteiger partial charge in [-0.25, -0.2) is 4.98 Å². The van der Waals surface area contributed by atoms with E-state index in [1.54, 1.807) is 18.2 Å². The predicted octanol–water partition coefficient (Wildman–Crippen LogP) is 5.52. The third-order valence-corrected chi connectivity index (χ3v) is 4.12. The molecule has 0 radical (unpaired) electrons. The number of fused-ring (bicyclic) bond motifs is 1. The van der Waals surface area contributed by atoms with Crippen molar-refractivity contribution < 1.29 is 4.74 Å². The van der Waals surface area contributed by atoms with Gasteiger partial charge in [0.05, 0.1) is 5.52 Å². The minimum absolute atomic E-state index is 0.481. The van der Waals surface area contributed by atoms with Crippen LogP contribution in [-0.4, -0.2) is 29.7 Å². The van der Waals surface area contributed by atoms with Gasteiger partial charge in [-0.3, -0.25) is 0 Å². The molecule has 2 N–H and O–H groups in total. The first-order valence-corrected chi connectivity index (χ1v) is 9.23. The van der Waals surface area contributed by atoms with Gasteiger partial charge in [-0.05, 0) is 43.7 Å². The zero-order valence-corrected chi connectivity index (χ0v) is 15.9. The Morgan fingerprint density at radius 2 is 1.81 bits per heavy atom. The molecular formula is C19H20Cl2N4O. The van der Waals surface area contributed by atoms with Gasteiger partial charge in [0, 0.05) is 40.9 Å². The molecule has 0 aliphatic carbocycles. The van der Waals surface area contributed by atoms with Crippen molar-refractivity contribution in [3.8, 4) is 0 Å². The molecule has 0 spiro atoms. The monoisotopic (exact) mass is 390 g/mol. The fourth-order valence-corrected chi connectivity index (χ4v) is 3.07. The summed E-state index contributed by atoms with van der Waals surface area (Å²) in [7, 11) is 0. The second kappa shape index (κ2) is 9.03. The van der Waals surface area contributed by atoms with Gasteiger partial charge in [-0.1, -0.05) is 35.3 Å². The average molecular weight is 391 g/mol. The van der Waals surface area contributed by atoms with Crippen molar-refractivity contribution in [2.24, 2.45) is 0 Å². The van der Waals surface area contributed by atoms with E-state index in [2.05, 4.69) is 20.6 Å². The average Bonchev–Trinajstić information content (AvgIpc) is 2.60. The fourth-order valence-electron chi connectivity index (χ4n) is 2.55. The zero-order valence-electron chi connectivity index (χ0n) is 14.4. The van der Waals surface area contributed by atoms with Gasteiger partial charge in [0.25, 0.3) is 0 Å². The van der Waals surface area contributed by atoms with Gasteiger partial charge in [0.1, 0.15) is 5.82 Å². The molecule has 0 amide bonds. The molecule has 0 saturated heterocycles. The molecule has 0 aliphatic rings. The maximum absolute atomic E-state index is 6.06. The van der Waals surface area contributed by atoms with Gasteiger partial charge in [-0.2, -0.15) is 4.98 Å². The number of hydrogen-bond donors (Lipinski definition) is 2. The van der Waals surface area contributed by atoms with E-state index in [1.165, 1.54) is 0 Å². The van der Waals surface area contributed by atoms with Crippen LogP contribution in [-0.2, 0) is 4.74 Å². The zero-order chi connectivity index (χ0) is 18.4. The van der Waals surface area contributed by atoms with Crippen LogP contribution in [0, 0.1) is 0 Å². The summed E-state index contributed by atoms with van der Waals surface area (Å²) in [6.07, 6.45) is 0.902. The highest BCUT2D eigenvalue weighted by Crippen LogP contribution is 2.27. The maximum atomic E-state index is 6.06. The molecule has 1 aromatic heterocycles. The minimum Gasteiger partial charge on any atom is -0.382 e. The lowest BCUT2D eigenvalue weighted by Gasteiger charge is -2.12. The van der Waals surface area contributed by atoms with Gasteiger partial charge < -0.3 is 15.4 Å². The Labute approximate surface area is 162 Å². The summed E-state index contributed by atoms with van der Waals surface area (Å²) in [4.78, 5) is 9.19. The molecule has 1 heterocycles. The molecule has 3 rings (SSSR count). The number of rotatable bonds is 8. The van der Waals surface area contributed by atoms with Crippen LogP contribution >= 0.6 is 23.2 Å². The summed E-state index contributed by atoms with van der Waals surface area (Å²) in [6.45, 7) is 4.21. The van der Waals surface area contributed by atoms with Crippen molar-refractivity contribution in [3.05, 3.63) is 52.5 Å². The van der Waals surface area contributed by atoms with E-state index in [1.807, 2.05) is 31.2 Å². The van der Waals surface area contributed by atoms with E-state index in [-0.39, 0.29) is 0 Å². The van der Waals surface area contributed by atoms with Gasteiger partial charge in [0.15, 0.2) is 0 Å². The second-order valence-electron chi connectivity index (χ2n) is 5.67. The van der Waals surface area contributed by atoms with Crippen molar-refractivity contribution in [2.75, 3.05) is 30.4 Å². The smallest absolute Gasteiger partial charge is 0.229 e. The third kappa shape index (κ3) is 4.97. The van der Waals surface area contributed by atoms with Crippen LogP contribution in [0.15, 0.2) is 42.5 Å². The molecule has 2 aromatic carbocycles. The Kier molecular flexibility index (Phi) is 6.50. The Morgan fingerprint density at radius 1 is 1.04 bits per heavy atom. The van der Waals surface area contributed by atoms with Crippen LogP contribution in [0.1, 0.15) is 13.3 Å². The molecule has 136 valence electrons. The van der Waals surface area contributed by atoms with Crippen molar-refractivity contribution in [1.29, 1.82) is 0 Å². The molecule has 0 atom stereocenters. The SMILES string of the molecule is CCOCCCNc1nc(Nc2cc(Cl)cc(Cl)c2)nc2ccccc12. The van der Waals surface area contributed by atoms with E-state index in [9.17, 15) is 0 Å². The number of benzene rings is 2. The minimum atomic E-state index is 0.481. The Bertz CT molecular complexity index is 868. The van der Waals surface area contributed by atoms with Crippen LogP contribution < -0.4 is 10.6 Å². The van der Waals surface area contributed by atoms with Crippen molar-refractivity contribution >= 4 is 51.6 Å². The molecule has 0 bridgehead atoms. The quantitative estimate of drug-likeness (QED) is 0.495. The number of para-hydroxylation sites is 1. The highest BCUT2D eigenvalue weighted by molar-refractivity contribution is 6.35. The topological polar surface area (TPSA) is 59.1 Å². The van der Waals surface area contributed by atoms with Crippen LogP contribution in [0.2, 0.25) is 10.0 Å². The molecule has 0 fully saturated rings. The highest BCUT2D eigenvalue weighted by atomic mass is 35.5. The first-order valence-electron chi connectivity index (χ1n) is 8.47. The number of hydrogen-bond acceptors (Lipinski definition) is 5. The molecule has 0 saturated carbocycles. The molecule has 5 nitrogen and oxygen atoms in total. The fraction of sp³-hybridized carbons (Fsp3) is 0.263. The van der Waals surface area contributed by atoms with E-state index in [0.717, 1.165) is 48.6 Å². The van der Waals surface area contributed by atoms with Crippen molar-refractivity contribution in [1.82, 2.24) is 9.97 Å². The van der Waals surface area contributed by atoms with Crippen molar-refractivity contribution in [2.45, 2.75) is 13.3 Å².